The number of benzene rings is 1. The molecule has 1 heterocycles. The van der Waals surface area contributed by atoms with Crippen LogP contribution in [0.1, 0.15) is 16.1 Å². The first-order chi connectivity index (χ1) is 12.1. The Labute approximate surface area is 147 Å². The van der Waals surface area contributed by atoms with Gasteiger partial charge >= 0.3 is 6.18 Å². The van der Waals surface area contributed by atoms with E-state index in [1.807, 2.05) is 0 Å². The Morgan fingerprint density at radius 3 is 2.58 bits per heavy atom. The fraction of sp³-hybridized carbons (Fsp3) is 0.235. The summed E-state index contributed by atoms with van der Waals surface area (Å²) in [5, 5.41) is 3.89. The smallest absolute Gasteiger partial charge is 0.416 e. The van der Waals surface area contributed by atoms with Crippen molar-refractivity contribution in [2.45, 2.75) is 6.18 Å². The molecule has 6 nitrogen and oxygen atoms in total. The van der Waals surface area contributed by atoms with Gasteiger partial charge in [0.1, 0.15) is 0 Å². The maximum Gasteiger partial charge on any atom is 0.416 e. The zero-order valence-electron chi connectivity index (χ0n) is 14.2. The minimum atomic E-state index is -4.54. The van der Waals surface area contributed by atoms with Gasteiger partial charge in [-0.1, -0.05) is 6.07 Å². The predicted octanol–water partition coefficient (Wildman–Crippen LogP) is 2.52. The van der Waals surface area contributed by atoms with Gasteiger partial charge in [-0.3, -0.25) is 9.59 Å². The monoisotopic (exact) mass is 367 g/mol. The molecule has 1 aromatic carbocycles. The number of alkyl halides is 3. The van der Waals surface area contributed by atoms with Crippen molar-refractivity contribution in [3.05, 3.63) is 64.2 Å². The van der Waals surface area contributed by atoms with Crippen LogP contribution in [-0.2, 0) is 6.18 Å². The molecule has 0 bridgehead atoms. The van der Waals surface area contributed by atoms with E-state index >= 15 is 0 Å². The second-order valence-corrected chi connectivity index (χ2v) is 5.51. The standard InChI is InChI=1S/C17H16F3N3O3/c1-22(2)8-7-13(24)15-16(25)14(26-3)10-23(21-15)12-6-4-5-11(9-12)17(18,19)20/h4-10H,1-3H3/b8-7+. The molecule has 0 amide bonds. The van der Waals surface area contributed by atoms with E-state index in [0.717, 1.165) is 29.1 Å². The average Bonchev–Trinajstić information content (AvgIpc) is 2.59. The summed E-state index contributed by atoms with van der Waals surface area (Å²) < 4.78 is 44.7. The molecule has 0 aliphatic carbocycles. The molecule has 1 aromatic heterocycles. The summed E-state index contributed by atoms with van der Waals surface area (Å²) in [5.74, 6) is -0.901. The zero-order valence-corrected chi connectivity index (χ0v) is 14.2. The van der Waals surface area contributed by atoms with Crippen molar-refractivity contribution >= 4 is 5.78 Å². The van der Waals surface area contributed by atoms with Gasteiger partial charge in [-0.15, -0.1) is 0 Å². The van der Waals surface area contributed by atoms with Gasteiger partial charge in [0.2, 0.25) is 5.78 Å². The first-order valence-corrected chi connectivity index (χ1v) is 7.38. The molecule has 0 saturated carbocycles. The van der Waals surface area contributed by atoms with Gasteiger partial charge < -0.3 is 9.64 Å². The van der Waals surface area contributed by atoms with Gasteiger partial charge in [-0.05, 0) is 18.2 Å². The number of ketones is 1. The molecule has 0 spiro atoms. The Kier molecular flexibility index (Phi) is 5.49. The lowest BCUT2D eigenvalue weighted by Gasteiger charge is -2.12. The van der Waals surface area contributed by atoms with Crippen LogP contribution in [-0.4, -0.2) is 41.7 Å². The SMILES string of the molecule is COc1cn(-c2cccc(C(F)(F)F)c2)nc(C(=O)/C=C/N(C)C)c1=O. The van der Waals surface area contributed by atoms with Crippen LogP contribution in [0.25, 0.3) is 5.69 Å². The summed E-state index contributed by atoms with van der Waals surface area (Å²) >= 11 is 0. The van der Waals surface area contributed by atoms with Crippen molar-refractivity contribution in [3.63, 3.8) is 0 Å². The van der Waals surface area contributed by atoms with E-state index in [1.54, 1.807) is 19.0 Å². The maximum absolute atomic E-state index is 12.9. The van der Waals surface area contributed by atoms with Gasteiger partial charge in [-0.25, -0.2) is 4.68 Å². The molecule has 2 aromatic rings. The van der Waals surface area contributed by atoms with E-state index in [9.17, 15) is 22.8 Å². The molecule has 0 fully saturated rings. The van der Waals surface area contributed by atoms with Crippen LogP contribution in [0, 0.1) is 0 Å². The normalized spacial score (nSPS) is 11.6. The van der Waals surface area contributed by atoms with Gasteiger partial charge in [0.25, 0.3) is 5.43 Å². The van der Waals surface area contributed by atoms with Crippen LogP contribution >= 0.6 is 0 Å². The lowest BCUT2D eigenvalue weighted by molar-refractivity contribution is -0.137. The Bertz CT molecular complexity index is 902. The summed E-state index contributed by atoms with van der Waals surface area (Å²) in [6.45, 7) is 0. The summed E-state index contributed by atoms with van der Waals surface area (Å²) in [5.41, 5.74) is -2.05. The molecule has 0 N–H and O–H groups in total. The van der Waals surface area contributed by atoms with Crippen molar-refractivity contribution in [1.29, 1.82) is 0 Å². The number of carbonyl (C=O) groups excluding carboxylic acids is 1. The quantitative estimate of drug-likeness (QED) is 0.600. The third kappa shape index (κ3) is 4.29. The number of nitrogens with zero attached hydrogens (tertiary/aromatic N) is 3. The van der Waals surface area contributed by atoms with E-state index in [1.165, 1.54) is 25.4 Å². The number of ether oxygens (including phenoxy) is 1. The summed E-state index contributed by atoms with van der Waals surface area (Å²) in [4.78, 5) is 26.1. The second kappa shape index (κ2) is 7.42. The summed E-state index contributed by atoms with van der Waals surface area (Å²) in [7, 11) is 4.59. The van der Waals surface area contributed by atoms with Crippen LogP contribution in [0.5, 0.6) is 5.75 Å². The lowest BCUT2D eigenvalue weighted by Crippen LogP contribution is -2.22. The first-order valence-electron chi connectivity index (χ1n) is 7.38. The van der Waals surface area contributed by atoms with Gasteiger partial charge in [-0.2, -0.15) is 18.3 Å². The molecular formula is C17H16F3N3O3. The molecule has 26 heavy (non-hydrogen) atoms. The molecular weight excluding hydrogens is 351 g/mol. The van der Waals surface area contributed by atoms with Crippen molar-refractivity contribution in [3.8, 4) is 11.4 Å². The largest absolute Gasteiger partial charge is 0.491 e. The van der Waals surface area contributed by atoms with Crippen LogP contribution in [0.4, 0.5) is 13.2 Å². The van der Waals surface area contributed by atoms with Gasteiger partial charge in [0, 0.05) is 26.4 Å². The number of aromatic nitrogens is 2. The second-order valence-electron chi connectivity index (χ2n) is 5.51. The number of allylic oxidation sites excluding steroid dienone is 1. The molecule has 0 aliphatic rings. The highest BCUT2D eigenvalue weighted by molar-refractivity contribution is 6.03. The van der Waals surface area contributed by atoms with Gasteiger partial charge in [0.05, 0.1) is 24.6 Å². The zero-order chi connectivity index (χ0) is 19.5. The van der Waals surface area contributed by atoms with Crippen LogP contribution in [0.3, 0.4) is 0 Å². The summed E-state index contributed by atoms with van der Waals surface area (Å²) in [6, 6.07) is 4.35. The highest BCUT2D eigenvalue weighted by atomic mass is 19.4. The molecule has 0 aliphatic heterocycles. The topological polar surface area (TPSA) is 64.4 Å². The van der Waals surface area contributed by atoms with E-state index in [0.29, 0.717) is 0 Å². The Morgan fingerprint density at radius 2 is 2.00 bits per heavy atom. The van der Waals surface area contributed by atoms with E-state index < -0.39 is 28.6 Å². The third-order valence-electron chi connectivity index (χ3n) is 3.30. The summed E-state index contributed by atoms with van der Waals surface area (Å²) in [6.07, 6.45) is -0.840. The molecule has 0 saturated heterocycles. The lowest BCUT2D eigenvalue weighted by atomic mass is 10.2. The fourth-order valence-electron chi connectivity index (χ4n) is 2.03. The number of hydrogen-bond acceptors (Lipinski definition) is 5. The predicted molar refractivity (Wildman–Crippen MR) is 88.5 cm³/mol. The highest BCUT2D eigenvalue weighted by Crippen LogP contribution is 2.30. The van der Waals surface area contributed by atoms with Crippen molar-refractivity contribution in [2.24, 2.45) is 0 Å². The average molecular weight is 367 g/mol. The molecule has 0 atom stereocenters. The molecule has 138 valence electrons. The molecule has 9 heteroatoms. The Balaban J connectivity index is 2.59. The number of halogens is 3. The van der Waals surface area contributed by atoms with E-state index in [4.69, 9.17) is 4.74 Å². The van der Waals surface area contributed by atoms with Crippen molar-refractivity contribution in [2.75, 3.05) is 21.2 Å². The van der Waals surface area contributed by atoms with Crippen LogP contribution < -0.4 is 10.2 Å². The first kappa shape index (κ1) is 19.2. The van der Waals surface area contributed by atoms with Crippen molar-refractivity contribution in [1.82, 2.24) is 14.7 Å². The van der Waals surface area contributed by atoms with Gasteiger partial charge in [0.15, 0.2) is 11.4 Å². The van der Waals surface area contributed by atoms with Crippen LogP contribution in [0.15, 0.2) is 47.5 Å². The van der Waals surface area contributed by atoms with E-state index in [2.05, 4.69) is 5.10 Å². The molecule has 2 rings (SSSR count). The number of rotatable bonds is 5. The minimum Gasteiger partial charge on any atom is -0.491 e. The minimum absolute atomic E-state index is 0.0313. The highest BCUT2D eigenvalue weighted by Gasteiger charge is 2.30. The third-order valence-corrected chi connectivity index (χ3v) is 3.30. The Morgan fingerprint density at radius 1 is 1.31 bits per heavy atom. The fourth-order valence-corrected chi connectivity index (χ4v) is 2.03. The maximum atomic E-state index is 12.9. The number of carbonyl (C=O) groups is 1. The van der Waals surface area contributed by atoms with Crippen molar-refractivity contribution < 1.29 is 22.7 Å². The molecule has 0 radical (unpaired) electrons. The molecule has 0 unspecified atom stereocenters. The van der Waals surface area contributed by atoms with Crippen LogP contribution in [0.2, 0.25) is 0 Å². The number of hydrogen-bond donors (Lipinski definition) is 0. The number of methoxy groups -OCH3 is 1. The van der Waals surface area contributed by atoms with E-state index in [-0.39, 0.29) is 11.4 Å². The Hall–Kier alpha value is -3.10.